The summed E-state index contributed by atoms with van der Waals surface area (Å²) in [5.74, 6) is 0.233. The van der Waals surface area contributed by atoms with Crippen LogP contribution < -0.4 is 5.32 Å². The minimum atomic E-state index is -0.102. The summed E-state index contributed by atoms with van der Waals surface area (Å²) in [4.78, 5) is 33.0. The van der Waals surface area contributed by atoms with E-state index >= 15 is 0 Å². The molecule has 2 rings (SSSR count). The number of nitrogens with zero attached hydrogens (tertiary/aromatic N) is 3. The Balaban J connectivity index is 1.76. The Bertz CT molecular complexity index is 572. The van der Waals surface area contributed by atoms with E-state index in [2.05, 4.69) is 10.3 Å². The van der Waals surface area contributed by atoms with Crippen molar-refractivity contribution in [3.05, 3.63) is 15.6 Å². The van der Waals surface area contributed by atoms with Gasteiger partial charge in [-0.1, -0.05) is 0 Å². The molecule has 0 aromatic carbocycles. The molecule has 0 aliphatic carbocycles. The number of aryl methyl sites for hydroxylation is 2. The van der Waals surface area contributed by atoms with Crippen molar-refractivity contribution >= 4 is 23.3 Å². The Morgan fingerprint density at radius 2 is 2.22 bits per heavy atom. The number of aromatic nitrogens is 1. The number of rotatable bonds is 6. The molecule has 7 heteroatoms. The molecule has 1 aliphatic rings. The highest BCUT2D eigenvalue weighted by molar-refractivity contribution is 7.11. The molecule has 1 N–H and O–H groups in total. The zero-order valence-corrected chi connectivity index (χ0v) is 15.2. The first kappa shape index (κ1) is 17.7. The van der Waals surface area contributed by atoms with Crippen molar-refractivity contribution < 1.29 is 9.59 Å². The third-order valence-electron chi connectivity index (χ3n) is 4.29. The minimum Gasteiger partial charge on any atom is -0.343 e. The average Bonchev–Trinajstić information content (AvgIpc) is 3.07. The van der Waals surface area contributed by atoms with Crippen LogP contribution in [-0.2, 0) is 4.79 Å². The number of hydrogen-bond donors (Lipinski definition) is 1. The Kier molecular flexibility index (Phi) is 5.98. The van der Waals surface area contributed by atoms with E-state index in [1.54, 1.807) is 23.3 Å². The molecule has 6 nitrogen and oxygen atoms in total. The molecule has 0 spiro atoms. The van der Waals surface area contributed by atoms with Crippen molar-refractivity contribution in [2.75, 3.05) is 26.7 Å². The predicted molar refractivity (Wildman–Crippen MR) is 91.6 cm³/mol. The summed E-state index contributed by atoms with van der Waals surface area (Å²) in [7, 11) is 1.79. The molecule has 0 unspecified atom stereocenters. The van der Waals surface area contributed by atoms with Gasteiger partial charge in [0.05, 0.1) is 16.7 Å². The van der Waals surface area contributed by atoms with Gasteiger partial charge in [0.1, 0.15) is 0 Å². The van der Waals surface area contributed by atoms with Gasteiger partial charge >= 0.3 is 6.03 Å². The van der Waals surface area contributed by atoms with Crippen molar-refractivity contribution in [2.45, 2.75) is 46.1 Å². The van der Waals surface area contributed by atoms with Crippen LogP contribution >= 0.6 is 11.3 Å². The van der Waals surface area contributed by atoms with Crippen molar-refractivity contribution in [3.63, 3.8) is 0 Å². The molecule has 128 valence electrons. The highest BCUT2D eigenvalue weighted by Crippen LogP contribution is 2.25. The predicted octanol–water partition coefficient (Wildman–Crippen LogP) is 2.47. The molecular formula is C16H26N4O2S. The summed E-state index contributed by atoms with van der Waals surface area (Å²) in [6.45, 7) is 8.16. The van der Waals surface area contributed by atoms with Crippen molar-refractivity contribution in [2.24, 2.45) is 0 Å². The quantitative estimate of drug-likeness (QED) is 0.810. The topological polar surface area (TPSA) is 65.5 Å². The molecular weight excluding hydrogens is 312 g/mol. The Morgan fingerprint density at radius 3 is 2.78 bits per heavy atom. The summed E-state index contributed by atoms with van der Waals surface area (Å²) in [6, 6.07) is -0.157. The number of urea groups is 1. The van der Waals surface area contributed by atoms with Gasteiger partial charge < -0.3 is 15.1 Å². The van der Waals surface area contributed by atoms with E-state index in [0.29, 0.717) is 13.0 Å². The highest BCUT2D eigenvalue weighted by atomic mass is 32.1. The maximum atomic E-state index is 12.2. The van der Waals surface area contributed by atoms with Gasteiger partial charge in [0.25, 0.3) is 0 Å². The lowest BCUT2D eigenvalue weighted by molar-refractivity contribution is -0.127. The monoisotopic (exact) mass is 338 g/mol. The first-order chi connectivity index (χ1) is 10.9. The zero-order valence-electron chi connectivity index (χ0n) is 14.4. The Labute approximate surface area is 141 Å². The molecule has 1 aromatic rings. The van der Waals surface area contributed by atoms with E-state index in [1.807, 2.05) is 25.7 Å². The summed E-state index contributed by atoms with van der Waals surface area (Å²) in [5, 5.41) is 3.94. The highest BCUT2D eigenvalue weighted by Gasteiger charge is 2.22. The van der Waals surface area contributed by atoms with Gasteiger partial charge in [-0.2, -0.15) is 0 Å². The van der Waals surface area contributed by atoms with Gasteiger partial charge in [-0.25, -0.2) is 9.78 Å². The number of thiazole rings is 1. The second kappa shape index (κ2) is 7.77. The fourth-order valence-electron chi connectivity index (χ4n) is 2.82. The molecule has 23 heavy (non-hydrogen) atoms. The molecule has 2 heterocycles. The van der Waals surface area contributed by atoms with E-state index in [0.717, 1.165) is 41.5 Å². The molecule has 0 bridgehead atoms. The maximum Gasteiger partial charge on any atom is 0.317 e. The lowest BCUT2D eigenvalue weighted by Crippen LogP contribution is -2.40. The number of hydrogen-bond acceptors (Lipinski definition) is 4. The lowest BCUT2D eigenvalue weighted by Gasteiger charge is -2.25. The average molecular weight is 338 g/mol. The van der Waals surface area contributed by atoms with Gasteiger partial charge in [0.2, 0.25) is 5.91 Å². The van der Waals surface area contributed by atoms with E-state index in [-0.39, 0.29) is 18.0 Å². The maximum absolute atomic E-state index is 12.2. The summed E-state index contributed by atoms with van der Waals surface area (Å²) in [6.07, 6.45) is 2.41. The van der Waals surface area contributed by atoms with Crippen LogP contribution in [-0.4, -0.2) is 53.4 Å². The van der Waals surface area contributed by atoms with E-state index in [1.165, 1.54) is 0 Å². The van der Waals surface area contributed by atoms with Crippen LogP contribution in [0.3, 0.4) is 0 Å². The minimum absolute atomic E-state index is 0.0555. The van der Waals surface area contributed by atoms with E-state index in [4.69, 9.17) is 0 Å². The smallest absolute Gasteiger partial charge is 0.317 e. The standard InChI is InChI=1S/C16H26N4O2S/c1-11(15-12(2)23-13(3)18-15)19(4)16(22)17-8-6-10-20-9-5-7-14(20)21/h11H,5-10H2,1-4H3,(H,17,22)/t11-/m1/s1. The van der Waals surface area contributed by atoms with Gasteiger partial charge in [-0.15, -0.1) is 11.3 Å². The molecule has 1 atom stereocenters. The summed E-state index contributed by atoms with van der Waals surface area (Å²) < 4.78 is 0. The molecule has 0 saturated carbocycles. The third kappa shape index (κ3) is 4.43. The largest absolute Gasteiger partial charge is 0.343 e. The SMILES string of the molecule is Cc1nc([C@@H](C)N(C)C(=O)NCCCN2CCCC2=O)c(C)s1. The van der Waals surface area contributed by atoms with Gasteiger partial charge in [-0.3, -0.25) is 4.79 Å². The van der Waals surface area contributed by atoms with Crippen LogP contribution in [0.5, 0.6) is 0 Å². The van der Waals surface area contributed by atoms with Gasteiger partial charge in [0, 0.05) is 38.0 Å². The van der Waals surface area contributed by atoms with Crippen LogP contribution in [0.15, 0.2) is 0 Å². The summed E-state index contributed by atoms with van der Waals surface area (Å²) >= 11 is 1.66. The Hall–Kier alpha value is -1.63. The van der Waals surface area contributed by atoms with Crippen molar-refractivity contribution in [1.29, 1.82) is 0 Å². The molecule has 1 aliphatic heterocycles. The van der Waals surface area contributed by atoms with Gasteiger partial charge in [-0.05, 0) is 33.6 Å². The number of amides is 3. The second-order valence-electron chi connectivity index (χ2n) is 6.03. The van der Waals surface area contributed by atoms with Crippen LogP contribution in [0.25, 0.3) is 0 Å². The lowest BCUT2D eigenvalue weighted by atomic mass is 10.2. The van der Waals surface area contributed by atoms with E-state index in [9.17, 15) is 9.59 Å². The van der Waals surface area contributed by atoms with Crippen LogP contribution in [0.1, 0.15) is 47.8 Å². The number of nitrogens with one attached hydrogen (secondary N) is 1. The molecule has 1 fully saturated rings. The Morgan fingerprint density at radius 1 is 1.48 bits per heavy atom. The first-order valence-corrected chi connectivity index (χ1v) is 8.94. The van der Waals surface area contributed by atoms with E-state index < -0.39 is 0 Å². The van der Waals surface area contributed by atoms with Gasteiger partial charge in [0.15, 0.2) is 0 Å². The van der Waals surface area contributed by atoms with Crippen molar-refractivity contribution in [1.82, 2.24) is 20.1 Å². The fourth-order valence-corrected chi connectivity index (χ4v) is 3.73. The van der Waals surface area contributed by atoms with Crippen LogP contribution in [0.2, 0.25) is 0 Å². The second-order valence-corrected chi connectivity index (χ2v) is 7.44. The molecule has 1 aromatic heterocycles. The van der Waals surface area contributed by atoms with Crippen LogP contribution in [0, 0.1) is 13.8 Å². The number of carbonyl (C=O) groups is 2. The number of likely N-dealkylation sites (tertiary alicyclic amines) is 1. The zero-order chi connectivity index (χ0) is 17.0. The first-order valence-electron chi connectivity index (χ1n) is 8.12. The molecule has 1 saturated heterocycles. The molecule has 3 amide bonds. The van der Waals surface area contributed by atoms with Crippen LogP contribution in [0.4, 0.5) is 4.79 Å². The fraction of sp³-hybridized carbons (Fsp3) is 0.688. The third-order valence-corrected chi connectivity index (χ3v) is 5.19. The summed E-state index contributed by atoms with van der Waals surface area (Å²) in [5.41, 5.74) is 0.966. The van der Waals surface area contributed by atoms with Crippen molar-refractivity contribution in [3.8, 4) is 0 Å². The molecule has 0 radical (unpaired) electrons. The normalized spacial score (nSPS) is 15.8. The number of carbonyl (C=O) groups excluding carboxylic acids is 2.